The first-order valence-corrected chi connectivity index (χ1v) is 11.4. The van der Waals surface area contributed by atoms with Gasteiger partial charge in [-0.15, -0.1) is 0 Å². The van der Waals surface area contributed by atoms with E-state index in [9.17, 15) is 8.42 Å². The van der Waals surface area contributed by atoms with E-state index in [1.54, 1.807) is 17.8 Å². The Labute approximate surface area is 162 Å². The Morgan fingerprint density at radius 2 is 2.07 bits per heavy atom. The molecule has 0 bridgehead atoms. The molecule has 9 heteroatoms. The summed E-state index contributed by atoms with van der Waals surface area (Å²) in [4.78, 5) is 6.20. The second-order valence-electron chi connectivity index (χ2n) is 7.50. The average Bonchev–Trinajstić information content (AvgIpc) is 3.29. The van der Waals surface area contributed by atoms with E-state index in [4.69, 9.17) is 9.47 Å². The zero-order chi connectivity index (χ0) is 19.4. The van der Waals surface area contributed by atoms with Crippen molar-refractivity contribution in [3.05, 3.63) is 12.5 Å². The molecule has 2 fully saturated rings. The van der Waals surface area contributed by atoms with Crippen LogP contribution in [0.25, 0.3) is 0 Å². The maximum Gasteiger partial charge on any atom is 0.213 e. The Balaban J connectivity index is 1.82. The van der Waals surface area contributed by atoms with Gasteiger partial charge in [-0.1, -0.05) is 19.8 Å². The number of nitrogens with one attached hydrogen (secondary N) is 1. The van der Waals surface area contributed by atoms with E-state index >= 15 is 0 Å². The van der Waals surface area contributed by atoms with E-state index < -0.39 is 15.2 Å². The summed E-state index contributed by atoms with van der Waals surface area (Å²) in [6.07, 6.45) is 6.18. The highest BCUT2D eigenvalue weighted by Crippen LogP contribution is 2.31. The predicted octanol–water partition coefficient (Wildman–Crippen LogP) is 0.993. The lowest BCUT2D eigenvalue weighted by Gasteiger charge is -2.31. The molecule has 0 saturated carbocycles. The van der Waals surface area contributed by atoms with E-state index in [1.807, 2.05) is 7.05 Å². The van der Waals surface area contributed by atoms with E-state index in [2.05, 4.69) is 22.1 Å². The summed E-state index contributed by atoms with van der Waals surface area (Å²) in [7, 11) is 0.163. The Morgan fingerprint density at radius 1 is 1.33 bits per heavy atom. The maximum absolute atomic E-state index is 13.3. The third-order valence-corrected chi connectivity index (χ3v) is 7.55. The smallest absolute Gasteiger partial charge is 0.213 e. The number of imidazole rings is 1. The predicted molar refractivity (Wildman–Crippen MR) is 102 cm³/mol. The number of ether oxygens (including phenoxy) is 2. The number of hydrogen-bond acceptors (Lipinski definition) is 7. The fraction of sp³-hybridized carbons (Fsp3) is 0.833. The van der Waals surface area contributed by atoms with E-state index in [0.29, 0.717) is 32.7 Å². The average molecular weight is 401 g/mol. The van der Waals surface area contributed by atoms with Crippen molar-refractivity contribution in [3.63, 3.8) is 0 Å². The van der Waals surface area contributed by atoms with Crippen molar-refractivity contribution >= 4 is 9.84 Å². The molecular weight excluding hydrogens is 368 g/mol. The molecule has 0 spiro atoms. The molecule has 1 aromatic rings. The summed E-state index contributed by atoms with van der Waals surface area (Å²) in [6.45, 7) is 4.77. The van der Waals surface area contributed by atoms with Crippen molar-refractivity contribution in [2.45, 2.75) is 55.3 Å². The summed E-state index contributed by atoms with van der Waals surface area (Å²) in [5.74, 6) is 0.110. The van der Waals surface area contributed by atoms with Crippen molar-refractivity contribution in [1.29, 1.82) is 0 Å². The van der Waals surface area contributed by atoms with Gasteiger partial charge in [-0.2, -0.15) is 0 Å². The minimum atomic E-state index is -3.54. The molecule has 3 heterocycles. The van der Waals surface area contributed by atoms with Crippen LogP contribution in [0.2, 0.25) is 0 Å². The van der Waals surface area contributed by atoms with Gasteiger partial charge in [0.15, 0.2) is 11.3 Å². The number of aromatic nitrogens is 2. The number of hydrogen-bond donors (Lipinski definition) is 1. The van der Waals surface area contributed by atoms with Gasteiger partial charge in [-0.25, -0.2) is 13.4 Å². The Hall–Kier alpha value is -1.00. The second kappa shape index (κ2) is 9.00. The van der Waals surface area contributed by atoms with Crippen LogP contribution in [0.5, 0.6) is 0 Å². The molecule has 3 rings (SSSR count). The third kappa shape index (κ3) is 4.54. The highest BCUT2D eigenvalue weighted by molar-refractivity contribution is 7.91. The first kappa shape index (κ1) is 20.7. The number of unbranched alkanes of at least 4 members (excludes halogenated alkanes) is 1. The Kier molecular flexibility index (Phi) is 6.91. The molecule has 2 aliphatic heterocycles. The molecule has 8 nitrogen and oxygen atoms in total. The number of aryl methyl sites for hydroxylation is 1. The molecule has 0 aliphatic carbocycles. The van der Waals surface area contributed by atoms with Crippen molar-refractivity contribution in [1.82, 2.24) is 19.8 Å². The summed E-state index contributed by atoms with van der Waals surface area (Å²) >= 11 is 0. The molecule has 1 unspecified atom stereocenters. The van der Waals surface area contributed by atoms with E-state index in [0.717, 1.165) is 19.3 Å². The molecular formula is C18H32N4O4S. The Bertz CT molecular complexity index is 702. The highest BCUT2D eigenvalue weighted by atomic mass is 32.2. The summed E-state index contributed by atoms with van der Waals surface area (Å²) < 4.78 is 40.0. The number of likely N-dealkylation sites (N-methyl/N-ethyl adjacent to an activating group) is 1. The summed E-state index contributed by atoms with van der Waals surface area (Å²) in [6, 6.07) is 0.135. The highest BCUT2D eigenvalue weighted by Gasteiger charge is 2.45. The van der Waals surface area contributed by atoms with E-state index in [-0.39, 0.29) is 23.3 Å². The van der Waals surface area contributed by atoms with Crippen LogP contribution in [0.15, 0.2) is 17.6 Å². The van der Waals surface area contributed by atoms with Crippen molar-refractivity contribution < 1.29 is 17.9 Å². The molecule has 0 amide bonds. The lowest BCUT2D eigenvalue weighted by Crippen LogP contribution is -2.43. The van der Waals surface area contributed by atoms with Crippen LogP contribution in [-0.4, -0.2) is 73.9 Å². The van der Waals surface area contributed by atoms with Gasteiger partial charge in [-0.05, 0) is 19.9 Å². The normalized spacial score (nSPS) is 26.5. The largest absolute Gasteiger partial charge is 0.352 e. The maximum atomic E-state index is 13.3. The standard InChI is InChI=1S/C18H32N4O4S/c1-4-5-7-17(27(23,24)16-12-21(3)13-20-16)22-10-14(15(11-22)19-2)18-25-8-6-9-26-18/h12-15,17-19H,4-11H2,1-3H3/t14-,15-,17?/m0/s1. The van der Waals surface area contributed by atoms with Crippen molar-refractivity contribution in [2.75, 3.05) is 33.4 Å². The van der Waals surface area contributed by atoms with Crippen LogP contribution in [0, 0.1) is 5.92 Å². The first-order chi connectivity index (χ1) is 13.0. The van der Waals surface area contributed by atoms with Gasteiger partial charge in [0.25, 0.3) is 0 Å². The molecule has 1 aromatic heterocycles. The van der Waals surface area contributed by atoms with Gasteiger partial charge in [0.05, 0.1) is 19.5 Å². The molecule has 0 aromatic carbocycles. The fourth-order valence-electron chi connectivity index (χ4n) is 4.02. The fourth-order valence-corrected chi connectivity index (χ4v) is 5.85. The summed E-state index contributed by atoms with van der Waals surface area (Å²) in [5.41, 5.74) is 0. The van der Waals surface area contributed by atoms with Crippen LogP contribution in [0.4, 0.5) is 0 Å². The molecule has 2 saturated heterocycles. The minimum Gasteiger partial charge on any atom is -0.352 e. The van der Waals surface area contributed by atoms with E-state index in [1.165, 1.54) is 6.33 Å². The van der Waals surface area contributed by atoms with Crippen LogP contribution in [0.1, 0.15) is 32.6 Å². The molecule has 1 N–H and O–H groups in total. The molecule has 27 heavy (non-hydrogen) atoms. The lowest BCUT2D eigenvalue weighted by atomic mass is 10.0. The van der Waals surface area contributed by atoms with Crippen LogP contribution in [0.3, 0.4) is 0 Å². The topological polar surface area (TPSA) is 85.7 Å². The molecule has 0 radical (unpaired) electrons. The zero-order valence-corrected chi connectivity index (χ0v) is 17.3. The monoisotopic (exact) mass is 400 g/mol. The molecule has 2 aliphatic rings. The third-order valence-electron chi connectivity index (χ3n) is 5.51. The van der Waals surface area contributed by atoms with Crippen LogP contribution < -0.4 is 5.32 Å². The summed E-state index contributed by atoms with van der Waals surface area (Å²) in [5, 5.41) is 2.91. The van der Waals surface area contributed by atoms with Crippen molar-refractivity contribution in [3.8, 4) is 0 Å². The first-order valence-electron chi connectivity index (χ1n) is 9.83. The van der Waals surface area contributed by atoms with Crippen molar-refractivity contribution in [2.24, 2.45) is 13.0 Å². The van der Waals surface area contributed by atoms with Gasteiger partial charge < -0.3 is 19.4 Å². The van der Waals surface area contributed by atoms with Gasteiger partial charge in [0, 0.05) is 38.3 Å². The molecule has 154 valence electrons. The number of rotatable bonds is 8. The number of likely N-dealkylation sites (tertiary alicyclic amines) is 1. The number of nitrogens with zero attached hydrogens (tertiary/aromatic N) is 3. The Morgan fingerprint density at radius 3 is 2.67 bits per heavy atom. The lowest BCUT2D eigenvalue weighted by molar-refractivity contribution is -0.205. The SMILES string of the molecule is CCCCC(N1C[C@H](NC)[C@@H](C2OCCCO2)C1)S(=O)(=O)c1cn(C)cn1. The van der Waals surface area contributed by atoms with Gasteiger partial charge >= 0.3 is 0 Å². The van der Waals surface area contributed by atoms with Gasteiger partial charge in [0.1, 0.15) is 5.37 Å². The minimum absolute atomic E-state index is 0.110. The van der Waals surface area contributed by atoms with Gasteiger partial charge in [0.2, 0.25) is 9.84 Å². The van der Waals surface area contributed by atoms with Crippen LogP contribution in [-0.2, 0) is 26.4 Å². The second-order valence-corrected chi connectivity index (χ2v) is 9.55. The zero-order valence-electron chi connectivity index (χ0n) is 16.5. The molecule has 3 atom stereocenters. The van der Waals surface area contributed by atoms with Gasteiger partial charge in [-0.3, -0.25) is 4.90 Å². The quantitative estimate of drug-likeness (QED) is 0.696. The number of sulfone groups is 1. The van der Waals surface area contributed by atoms with Crippen LogP contribution >= 0.6 is 0 Å².